The Morgan fingerprint density at radius 3 is 2.10 bits per heavy atom. The van der Waals surface area contributed by atoms with Crippen molar-refractivity contribution in [1.82, 2.24) is 4.90 Å². The van der Waals surface area contributed by atoms with Crippen LogP contribution in [0.15, 0.2) is 53.4 Å². The quantitative estimate of drug-likeness (QED) is 0.609. The maximum Gasteiger partial charge on any atom is 0.264 e. The predicted molar refractivity (Wildman–Crippen MR) is 111 cm³/mol. The third kappa shape index (κ3) is 5.07. The number of amides is 1. The van der Waals surface area contributed by atoms with Crippen LogP contribution in [0.4, 0.5) is 5.69 Å². The van der Waals surface area contributed by atoms with Gasteiger partial charge in [-0.25, -0.2) is 8.42 Å². The third-order valence-electron chi connectivity index (χ3n) is 4.46. The van der Waals surface area contributed by atoms with Gasteiger partial charge >= 0.3 is 0 Å². The molecule has 30 heavy (non-hydrogen) atoms. The minimum Gasteiger partial charge on any atom is -0.495 e. The molecule has 0 aromatic heterocycles. The maximum absolute atomic E-state index is 13.0. The van der Waals surface area contributed by atoms with E-state index in [0.717, 1.165) is 4.31 Å². The number of rotatable bonds is 9. The van der Waals surface area contributed by atoms with Crippen molar-refractivity contribution in [1.29, 1.82) is 10.5 Å². The summed E-state index contributed by atoms with van der Waals surface area (Å²) in [6, 6.07) is 16.3. The molecule has 0 bridgehead atoms. The van der Waals surface area contributed by atoms with E-state index in [1.165, 1.54) is 43.3 Å². The standard InChI is InChI=1S/C21H22N4O4S/c1-24(19-7-3-4-8-20(19)29-2)30(27,28)18-11-9-17(10-12-18)21(26)25(15-5-13-22)16-6-14-23/h3-4,7-12H,5-6,15-16H2,1-2H3. The normalized spacial score (nSPS) is 10.5. The number of para-hydroxylation sites is 2. The van der Waals surface area contributed by atoms with Crippen LogP contribution in [0.5, 0.6) is 5.75 Å². The summed E-state index contributed by atoms with van der Waals surface area (Å²) < 4.78 is 32.4. The van der Waals surface area contributed by atoms with E-state index in [1.807, 2.05) is 12.1 Å². The molecule has 0 saturated carbocycles. The van der Waals surface area contributed by atoms with E-state index in [4.69, 9.17) is 15.3 Å². The number of benzene rings is 2. The Balaban J connectivity index is 2.28. The number of hydrogen-bond acceptors (Lipinski definition) is 6. The number of anilines is 1. The molecule has 0 aliphatic rings. The van der Waals surface area contributed by atoms with Gasteiger partial charge in [-0.05, 0) is 36.4 Å². The molecular formula is C21H22N4O4S. The molecule has 8 nitrogen and oxygen atoms in total. The molecule has 2 rings (SSSR count). The number of sulfonamides is 1. The Hall–Kier alpha value is -3.56. The molecule has 0 aliphatic heterocycles. The highest BCUT2D eigenvalue weighted by Crippen LogP contribution is 2.30. The zero-order valence-corrected chi connectivity index (χ0v) is 17.6. The zero-order chi connectivity index (χ0) is 22.1. The summed E-state index contributed by atoms with van der Waals surface area (Å²) in [7, 11) is -0.983. The Bertz CT molecular complexity index is 1050. The van der Waals surface area contributed by atoms with Gasteiger partial charge in [0.25, 0.3) is 15.9 Å². The number of hydrogen-bond donors (Lipinski definition) is 0. The van der Waals surface area contributed by atoms with Crippen molar-refractivity contribution >= 4 is 21.6 Å². The largest absolute Gasteiger partial charge is 0.495 e. The third-order valence-corrected chi connectivity index (χ3v) is 6.24. The Labute approximate surface area is 176 Å². The van der Waals surface area contributed by atoms with Crippen molar-refractivity contribution in [3.05, 3.63) is 54.1 Å². The van der Waals surface area contributed by atoms with Crippen LogP contribution in [-0.2, 0) is 10.0 Å². The van der Waals surface area contributed by atoms with Crippen LogP contribution in [0.25, 0.3) is 0 Å². The predicted octanol–water partition coefficient (Wildman–Crippen LogP) is 2.79. The maximum atomic E-state index is 13.0. The number of carbonyl (C=O) groups excluding carboxylic acids is 1. The minimum absolute atomic E-state index is 0.0213. The second-order valence-corrected chi connectivity index (χ2v) is 8.25. The van der Waals surface area contributed by atoms with Crippen LogP contribution in [0.2, 0.25) is 0 Å². The van der Waals surface area contributed by atoms with Gasteiger partial charge in [0.2, 0.25) is 0 Å². The first-order valence-electron chi connectivity index (χ1n) is 9.12. The van der Waals surface area contributed by atoms with Gasteiger partial charge in [0.05, 0.1) is 42.7 Å². The number of methoxy groups -OCH3 is 1. The lowest BCUT2D eigenvalue weighted by Gasteiger charge is -2.22. The fourth-order valence-corrected chi connectivity index (χ4v) is 4.02. The summed E-state index contributed by atoms with van der Waals surface area (Å²) >= 11 is 0. The molecule has 0 spiro atoms. The second kappa shape index (κ2) is 10.3. The van der Waals surface area contributed by atoms with E-state index in [1.54, 1.807) is 24.3 Å². The first-order valence-corrected chi connectivity index (χ1v) is 10.6. The van der Waals surface area contributed by atoms with E-state index in [0.29, 0.717) is 11.4 Å². The summed E-state index contributed by atoms with van der Waals surface area (Å²) in [5, 5.41) is 17.5. The second-order valence-electron chi connectivity index (χ2n) is 6.28. The van der Waals surface area contributed by atoms with Crippen molar-refractivity contribution < 1.29 is 17.9 Å². The molecule has 0 heterocycles. The highest BCUT2D eigenvalue weighted by molar-refractivity contribution is 7.92. The van der Waals surface area contributed by atoms with E-state index in [-0.39, 0.29) is 42.3 Å². The van der Waals surface area contributed by atoms with Crippen LogP contribution in [0.1, 0.15) is 23.2 Å². The molecule has 2 aromatic carbocycles. The molecule has 0 fully saturated rings. The Morgan fingerprint density at radius 1 is 1.00 bits per heavy atom. The van der Waals surface area contributed by atoms with Crippen molar-refractivity contribution in [2.24, 2.45) is 0 Å². The molecule has 0 saturated heterocycles. The van der Waals surface area contributed by atoms with Crippen molar-refractivity contribution in [2.45, 2.75) is 17.7 Å². The molecule has 0 radical (unpaired) electrons. The lowest BCUT2D eigenvalue weighted by Crippen LogP contribution is -2.33. The molecule has 156 valence electrons. The van der Waals surface area contributed by atoms with E-state index >= 15 is 0 Å². The van der Waals surface area contributed by atoms with Gasteiger partial charge in [0.15, 0.2) is 0 Å². The highest BCUT2D eigenvalue weighted by atomic mass is 32.2. The van der Waals surface area contributed by atoms with E-state index in [9.17, 15) is 13.2 Å². The SMILES string of the molecule is COc1ccccc1N(C)S(=O)(=O)c1ccc(C(=O)N(CCC#N)CCC#N)cc1. The van der Waals surface area contributed by atoms with Gasteiger partial charge in [-0.15, -0.1) is 0 Å². The van der Waals surface area contributed by atoms with Crippen molar-refractivity contribution in [3.63, 3.8) is 0 Å². The van der Waals surface area contributed by atoms with Gasteiger partial charge in [-0.2, -0.15) is 10.5 Å². The van der Waals surface area contributed by atoms with Gasteiger partial charge in [-0.1, -0.05) is 12.1 Å². The highest BCUT2D eigenvalue weighted by Gasteiger charge is 2.24. The van der Waals surface area contributed by atoms with Crippen LogP contribution >= 0.6 is 0 Å². The molecule has 0 atom stereocenters. The minimum atomic E-state index is -3.87. The summed E-state index contributed by atoms with van der Waals surface area (Å²) in [5.41, 5.74) is 0.670. The van der Waals surface area contributed by atoms with Gasteiger partial charge in [0, 0.05) is 25.7 Å². The Kier molecular flexibility index (Phi) is 7.79. The molecule has 9 heteroatoms. The van der Waals surface area contributed by atoms with Crippen LogP contribution in [-0.4, -0.2) is 46.5 Å². The first kappa shape index (κ1) is 22.7. The average Bonchev–Trinajstić information content (AvgIpc) is 2.78. The lowest BCUT2D eigenvalue weighted by molar-refractivity contribution is 0.0762. The molecule has 1 amide bonds. The van der Waals surface area contributed by atoms with Crippen LogP contribution < -0.4 is 9.04 Å². The molecule has 2 aromatic rings. The fraction of sp³-hybridized carbons (Fsp3) is 0.286. The Morgan fingerprint density at radius 2 is 1.57 bits per heavy atom. The fourth-order valence-electron chi connectivity index (χ4n) is 2.81. The van der Waals surface area contributed by atoms with Gasteiger partial charge < -0.3 is 9.64 Å². The summed E-state index contributed by atoms with van der Waals surface area (Å²) in [6.45, 7) is 0.404. The lowest BCUT2D eigenvalue weighted by atomic mass is 10.2. The first-order chi connectivity index (χ1) is 14.4. The number of nitrogens with zero attached hydrogens (tertiary/aromatic N) is 4. The van der Waals surface area contributed by atoms with Gasteiger partial charge in [-0.3, -0.25) is 9.10 Å². The van der Waals surface area contributed by atoms with E-state index in [2.05, 4.69) is 0 Å². The smallest absolute Gasteiger partial charge is 0.264 e. The summed E-state index contributed by atoms with van der Waals surface area (Å²) in [6.07, 6.45) is 0.292. The van der Waals surface area contributed by atoms with Crippen LogP contribution in [0, 0.1) is 22.7 Å². The van der Waals surface area contributed by atoms with Crippen LogP contribution in [0.3, 0.4) is 0 Å². The van der Waals surface area contributed by atoms with E-state index < -0.39 is 10.0 Å². The average molecular weight is 426 g/mol. The van der Waals surface area contributed by atoms with Gasteiger partial charge in [0.1, 0.15) is 5.75 Å². The molecule has 0 N–H and O–H groups in total. The zero-order valence-electron chi connectivity index (χ0n) is 16.8. The summed E-state index contributed by atoms with van der Waals surface area (Å²) in [4.78, 5) is 14.1. The topological polar surface area (TPSA) is 114 Å². The number of nitriles is 2. The number of ether oxygens (including phenoxy) is 1. The molecular weight excluding hydrogens is 404 g/mol. The molecule has 0 unspecified atom stereocenters. The number of carbonyl (C=O) groups is 1. The molecule has 0 aliphatic carbocycles. The summed E-state index contributed by atoms with van der Waals surface area (Å²) in [5.74, 6) is 0.0588. The monoisotopic (exact) mass is 426 g/mol. The van der Waals surface area contributed by atoms with Crippen molar-refractivity contribution in [3.8, 4) is 17.9 Å². The van der Waals surface area contributed by atoms with Crippen molar-refractivity contribution in [2.75, 3.05) is 31.6 Å².